The fourth-order valence-electron chi connectivity index (χ4n) is 7.24. The predicted octanol–water partition coefficient (Wildman–Crippen LogP) is 10.0. The van der Waals surface area contributed by atoms with E-state index in [1.54, 1.807) is 5.57 Å². The van der Waals surface area contributed by atoms with Gasteiger partial charge in [0.1, 0.15) is 0 Å². The monoisotopic (exact) mass is 601 g/mol. The van der Waals surface area contributed by atoms with Gasteiger partial charge in [-0.25, -0.2) is 0 Å². The molecule has 0 saturated heterocycles. The quantitative estimate of drug-likeness (QED) is 0.147. The molecule has 230 valence electrons. The normalized spacial score (nSPS) is 16.9. The Hall–Kier alpha value is -4.54. The van der Waals surface area contributed by atoms with Crippen LogP contribution in [0.1, 0.15) is 79.8 Å². The maximum Gasteiger partial charge on any atom is 0.0854 e. The SMILES string of the molecule is CC(NC(NC(N)c1cccc(-c2cccc(-c3ccc4c(c3)C(C)(C)C3=C4C=CCC3)c2)c1)c1ccccc1)c1ccccc1. The molecule has 2 aliphatic rings. The number of rotatable bonds is 9. The molecule has 3 nitrogen and oxygen atoms in total. The Morgan fingerprint density at radius 2 is 1.24 bits per heavy atom. The van der Waals surface area contributed by atoms with Gasteiger partial charge in [0, 0.05) is 11.5 Å². The van der Waals surface area contributed by atoms with E-state index in [1.807, 2.05) is 6.07 Å². The number of hydrogen-bond donors (Lipinski definition) is 3. The van der Waals surface area contributed by atoms with Crippen LogP contribution < -0.4 is 16.4 Å². The molecule has 0 amide bonds. The summed E-state index contributed by atoms with van der Waals surface area (Å²) in [6, 6.07) is 45.7. The van der Waals surface area contributed by atoms with E-state index in [2.05, 4.69) is 165 Å². The molecule has 4 N–H and O–H groups in total. The second-order valence-corrected chi connectivity index (χ2v) is 13.2. The minimum atomic E-state index is -0.365. The minimum absolute atomic E-state index is 0.0614. The van der Waals surface area contributed by atoms with E-state index in [0.717, 1.165) is 29.5 Å². The van der Waals surface area contributed by atoms with E-state index in [4.69, 9.17) is 5.73 Å². The Morgan fingerprint density at radius 1 is 0.630 bits per heavy atom. The van der Waals surface area contributed by atoms with E-state index >= 15 is 0 Å². The number of nitrogens with one attached hydrogen (secondary N) is 2. The van der Waals surface area contributed by atoms with Crippen LogP contribution in [0.4, 0.5) is 0 Å². The van der Waals surface area contributed by atoms with Crippen LogP contribution in [0.25, 0.3) is 27.8 Å². The van der Waals surface area contributed by atoms with E-state index in [9.17, 15) is 0 Å². The molecular weight excluding hydrogens is 558 g/mol. The standard InChI is InChI=1S/C43H43N3/c1-29(30-14-6-4-7-15-30)45-42(31-16-8-5-9-17-31)46-41(44)36-21-13-20-34(27-36)32-18-12-19-33(26-32)35-24-25-38-37-22-10-11-23-39(37)43(2,3)40(38)28-35/h4-10,12-22,24-29,41-42,45-46H,11,23,44H2,1-3H3. The summed E-state index contributed by atoms with van der Waals surface area (Å²) in [6.45, 7) is 6.96. The molecule has 5 aromatic carbocycles. The predicted molar refractivity (Wildman–Crippen MR) is 193 cm³/mol. The summed E-state index contributed by atoms with van der Waals surface area (Å²) in [6.07, 6.45) is 6.45. The van der Waals surface area contributed by atoms with Crippen molar-refractivity contribution in [1.29, 1.82) is 0 Å². The van der Waals surface area contributed by atoms with Gasteiger partial charge in [-0.1, -0.05) is 141 Å². The van der Waals surface area contributed by atoms with Gasteiger partial charge in [0.2, 0.25) is 0 Å². The highest BCUT2D eigenvalue weighted by molar-refractivity contribution is 5.88. The first-order valence-electron chi connectivity index (χ1n) is 16.5. The van der Waals surface area contributed by atoms with Crippen LogP contribution in [0.5, 0.6) is 0 Å². The van der Waals surface area contributed by atoms with Crippen molar-refractivity contribution >= 4 is 5.57 Å². The Morgan fingerprint density at radius 3 is 1.96 bits per heavy atom. The minimum Gasteiger partial charge on any atom is -0.312 e. The molecule has 5 aromatic rings. The van der Waals surface area contributed by atoms with Crippen LogP contribution in [0, 0.1) is 0 Å². The van der Waals surface area contributed by atoms with Gasteiger partial charge in [0.15, 0.2) is 0 Å². The molecule has 3 unspecified atom stereocenters. The fraction of sp³-hybridized carbons (Fsp3) is 0.209. The van der Waals surface area contributed by atoms with E-state index in [1.165, 1.54) is 39.0 Å². The zero-order chi connectivity index (χ0) is 31.7. The largest absolute Gasteiger partial charge is 0.312 e. The summed E-state index contributed by atoms with van der Waals surface area (Å²) in [4.78, 5) is 0. The lowest BCUT2D eigenvalue weighted by molar-refractivity contribution is 0.356. The molecule has 3 heteroatoms. The first-order chi connectivity index (χ1) is 22.4. The van der Waals surface area contributed by atoms with Crippen molar-refractivity contribution in [3.8, 4) is 22.3 Å². The van der Waals surface area contributed by atoms with Crippen molar-refractivity contribution in [1.82, 2.24) is 10.6 Å². The zero-order valence-electron chi connectivity index (χ0n) is 27.0. The third-order valence-electron chi connectivity index (χ3n) is 9.88. The third kappa shape index (κ3) is 5.90. The number of allylic oxidation sites excluding steroid dienone is 4. The molecule has 0 spiro atoms. The molecule has 0 saturated carbocycles. The molecule has 46 heavy (non-hydrogen) atoms. The van der Waals surface area contributed by atoms with E-state index in [0.29, 0.717) is 0 Å². The number of benzene rings is 5. The molecule has 0 bridgehead atoms. The molecule has 0 aromatic heterocycles. The van der Waals surface area contributed by atoms with E-state index < -0.39 is 0 Å². The summed E-state index contributed by atoms with van der Waals surface area (Å²) in [5, 5.41) is 7.44. The van der Waals surface area contributed by atoms with Gasteiger partial charge in [0.05, 0.1) is 12.3 Å². The van der Waals surface area contributed by atoms with Gasteiger partial charge in [-0.2, -0.15) is 0 Å². The molecule has 2 aliphatic carbocycles. The lowest BCUT2D eigenvalue weighted by Gasteiger charge is -2.28. The maximum atomic E-state index is 6.88. The smallest absolute Gasteiger partial charge is 0.0854 e. The molecule has 0 fully saturated rings. The van der Waals surface area contributed by atoms with Crippen LogP contribution in [0.15, 0.2) is 145 Å². The highest BCUT2D eigenvalue weighted by atomic mass is 15.2. The van der Waals surface area contributed by atoms with E-state index in [-0.39, 0.29) is 23.8 Å². The number of nitrogens with two attached hydrogens (primary N) is 1. The Bertz CT molecular complexity index is 1900. The molecular formula is C43H43N3. The topological polar surface area (TPSA) is 50.1 Å². The zero-order valence-corrected chi connectivity index (χ0v) is 27.0. The van der Waals surface area contributed by atoms with Gasteiger partial charge < -0.3 is 5.73 Å². The Labute approximate surface area is 273 Å². The average Bonchev–Trinajstić information content (AvgIpc) is 3.34. The highest BCUT2D eigenvalue weighted by Crippen LogP contribution is 2.50. The van der Waals surface area contributed by atoms with Gasteiger partial charge >= 0.3 is 0 Å². The first kappa shape index (κ1) is 30.1. The average molecular weight is 602 g/mol. The van der Waals surface area contributed by atoms with Crippen molar-refractivity contribution in [2.75, 3.05) is 0 Å². The van der Waals surface area contributed by atoms with Crippen LogP contribution in [0.2, 0.25) is 0 Å². The second-order valence-electron chi connectivity index (χ2n) is 13.2. The summed E-state index contributed by atoms with van der Waals surface area (Å²) in [5.41, 5.74) is 21.1. The van der Waals surface area contributed by atoms with Crippen molar-refractivity contribution in [3.05, 3.63) is 173 Å². The van der Waals surface area contributed by atoms with Crippen molar-refractivity contribution < 1.29 is 0 Å². The Kier molecular flexibility index (Phi) is 8.31. The molecule has 0 aliphatic heterocycles. The summed E-state index contributed by atoms with van der Waals surface area (Å²) in [7, 11) is 0. The first-order valence-corrected chi connectivity index (χ1v) is 16.5. The maximum absolute atomic E-state index is 6.88. The van der Waals surface area contributed by atoms with Crippen molar-refractivity contribution in [3.63, 3.8) is 0 Å². The summed E-state index contributed by atoms with van der Waals surface area (Å²) in [5.74, 6) is 0. The third-order valence-corrected chi connectivity index (χ3v) is 9.88. The lowest BCUT2D eigenvalue weighted by atomic mass is 9.78. The van der Waals surface area contributed by atoms with Crippen LogP contribution in [-0.4, -0.2) is 0 Å². The second kappa shape index (κ2) is 12.7. The summed E-state index contributed by atoms with van der Waals surface area (Å²) < 4.78 is 0. The molecule has 7 rings (SSSR count). The van der Waals surface area contributed by atoms with Gasteiger partial charge in [-0.05, 0) is 93.6 Å². The summed E-state index contributed by atoms with van der Waals surface area (Å²) >= 11 is 0. The van der Waals surface area contributed by atoms with Crippen LogP contribution in [-0.2, 0) is 5.41 Å². The highest BCUT2D eigenvalue weighted by Gasteiger charge is 2.37. The molecule has 0 radical (unpaired) electrons. The lowest BCUT2D eigenvalue weighted by Crippen LogP contribution is -2.41. The van der Waals surface area contributed by atoms with Crippen LogP contribution >= 0.6 is 0 Å². The van der Waals surface area contributed by atoms with Crippen molar-refractivity contribution in [2.24, 2.45) is 5.73 Å². The van der Waals surface area contributed by atoms with Crippen molar-refractivity contribution in [2.45, 2.75) is 57.4 Å². The van der Waals surface area contributed by atoms with Crippen LogP contribution in [0.3, 0.4) is 0 Å². The Balaban J connectivity index is 1.13. The van der Waals surface area contributed by atoms with Gasteiger partial charge in [0.25, 0.3) is 0 Å². The van der Waals surface area contributed by atoms with Gasteiger partial charge in [-0.3, -0.25) is 10.6 Å². The van der Waals surface area contributed by atoms with Gasteiger partial charge in [-0.15, -0.1) is 0 Å². The molecule has 3 atom stereocenters. The number of fused-ring (bicyclic) bond motifs is 2. The fourth-order valence-corrected chi connectivity index (χ4v) is 7.24. The molecule has 0 heterocycles. The number of hydrogen-bond acceptors (Lipinski definition) is 3.